The Morgan fingerprint density at radius 1 is 1.39 bits per heavy atom. The second kappa shape index (κ2) is 6.40. The smallest absolute Gasteiger partial charge is 0.228 e. The van der Waals surface area contributed by atoms with Gasteiger partial charge in [0.25, 0.3) is 0 Å². The Morgan fingerprint density at radius 2 is 2.22 bits per heavy atom. The Bertz CT molecular complexity index is 530. The van der Waals surface area contributed by atoms with Crippen LogP contribution in [0.25, 0.3) is 11.5 Å². The van der Waals surface area contributed by atoms with E-state index in [9.17, 15) is 0 Å². The van der Waals surface area contributed by atoms with Gasteiger partial charge in [0.1, 0.15) is 5.69 Å². The van der Waals surface area contributed by atoms with Crippen LogP contribution in [0, 0.1) is 0 Å². The highest BCUT2D eigenvalue weighted by Crippen LogP contribution is 2.26. The zero-order chi connectivity index (χ0) is 13.0. The minimum Gasteiger partial charge on any atom is -0.339 e. The van der Waals surface area contributed by atoms with E-state index >= 15 is 0 Å². The maximum atomic E-state index is 5.18. The van der Waals surface area contributed by atoms with E-state index in [-0.39, 0.29) is 0 Å². The van der Waals surface area contributed by atoms with E-state index in [4.69, 9.17) is 4.52 Å². The molecule has 0 aliphatic carbocycles. The van der Waals surface area contributed by atoms with Gasteiger partial charge in [-0.1, -0.05) is 12.1 Å². The number of nitrogens with zero attached hydrogens (tertiary/aromatic N) is 3. The Morgan fingerprint density at radius 3 is 2.94 bits per heavy atom. The van der Waals surface area contributed by atoms with Crippen molar-refractivity contribution in [1.29, 1.82) is 0 Å². The lowest BCUT2D eigenvalue weighted by Crippen LogP contribution is -2.16. The number of hydrogen-bond acceptors (Lipinski definition) is 5. The van der Waals surface area contributed by atoms with Crippen molar-refractivity contribution >= 4 is 31.9 Å². The molecule has 0 spiro atoms. The number of pyridine rings is 1. The first-order chi connectivity index (χ1) is 8.70. The fourth-order valence-electron chi connectivity index (χ4n) is 1.40. The summed E-state index contributed by atoms with van der Waals surface area (Å²) in [5.74, 6) is 1.11. The summed E-state index contributed by atoms with van der Waals surface area (Å²) < 4.78 is 6.90. The number of rotatable bonds is 5. The fourth-order valence-corrected chi connectivity index (χ4v) is 2.57. The fraction of sp³-hybridized carbons (Fsp3) is 0.364. The third-order valence-corrected chi connectivity index (χ3v) is 3.29. The first-order valence-corrected chi connectivity index (χ1v) is 7.14. The van der Waals surface area contributed by atoms with Crippen molar-refractivity contribution in [3.05, 3.63) is 27.1 Å². The summed E-state index contributed by atoms with van der Waals surface area (Å²) in [6, 6.07) is 1.90. The minimum atomic E-state index is 0.501. The third kappa shape index (κ3) is 3.37. The van der Waals surface area contributed by atoms with Crippen LogP contribution < -0.4 is 5.32 Å². The van der Waals surface area contributed by atoms with Crippen molar-refractivity contribution in [2.45, 2.75) is 13.3 Å². The van der Waals surface area contributed by atoms with E-state index in [0.717, 1.165) is 28.5 Å². The topological polar surface area (TPSA) is 63.8 Å². The van der Waals surface area contributed by atoms with Crippen LogP contribution in [-0.4, -0.2) is 28.2 Å². The molecule has 0 amide bonds. The van der Waals surface area contributed by atoms with Crippen LogP contribution in [0.1, 0.15) is 12.8 Å². The Kier molecular flexibility index (Phi) is 4.85. The Hall–Kier alpha value is -0.790. The van der Waals surface area contributed by atoms with Crippen molar-refractivity contribution in [3.8, 4) is 11.5 Å². The highest BCUT2D eigenvalue weighted by Gasteiger charge is 2.13. The molecular formula is C11H12Br2N4O. The maximum absolute atomic E-state index is 5.18. The molecule has 1 N–H and O–H groups in total. The summed E-state index contributed by atoms with van der Waals surface area (Å²) in [6.45, 7) is 3.82. The van der Waals surface area contributed by atoms with E-state index in [0.29, 0.717) is 17.4 Å². The molecule has 0 aliphatic heterocycles. The molecule has 2 rings (SSSR count). The van der Waals surface area contributed by atoms with Gasteiger partial charge in [0, 0.05) is 28.1 Å². The Balaban J connectivity index is 2.13. The van der Waals surface area contributed by atoms with E-state index in [1.54, 1.807) is 6.20 Å². The van der Waals surface area contributed by atoms with Crippen molar-refractivity contribution in [1.82, 2.24) is 20.4 Å². The number of likely N-dealkylation sites (N-methyl/N-ethyl adjacent to an activating group) is 1. The SMILES string of the molecule is CCNCCc1nc(-c2ncc(Br)cc2Br)no1. The molecule has 0 aliphatic rings. The predicted octanol–water partition coefficient (Wildman–Crippen LogP) is 2.81. The van der Waals surface area contributed by atoms with Gasteiger partial charge in [-0.25, -0.2) is 0 Å². The minimum absolute atomic E-state index is 0.501. The molecule has 2 aromatic rings. The molecule has 0 aromatic carbocycles. The summed E-state index contributed by atoms with van der Waals surface area (Å²) in [5, 5.41) is 7.14. The summed E-state index contributed by atoms with van der Waals surface area (Å²) in [7, 11) is 0. The normalized spacial score (nSPS) is 10.8. The lowest BCUT2D eigenvalue weighted by Gasteiger charge is -1.98. The highest BCUT2D eigenvalue weighted by atomic mass is 79.9. The van der Waals surface area contributed by atoms with Gasteiger partial charge < -0.3 is 9.84 Å². The molecule has 96 valence electrons. The molecule has 0 unspecified atom stereocenters. The monoisotopic (exact) mass is 374 g/mol. The van der Waals surface area contributed by atoms with Crippen molar-refractivity contribution in [3.63, 3.8) is 0 Å². The molecule has 0 atom stereocenters. The van der Waals surface area contributed by atoms with Crippen LogP contribution in [0.3, 0.4) is 0 Å². The van der Waals surface area contributed by atoms with Gasteiger partial charge in [0.05, 0.1) is 0 Å². The van der Waals surface area contributed by atoms with Crippen LogP contribution in [0.15, 0.2) is 25.7 Å². The average molecular weight is 376 g/mol. The molecule has 2 aromatic heterocycles. The van der Waals surface area contributed by atoms with Crippen molar-refractivity contribution in [2.75, 3.05) is 13.1 Å². The second-order valence-corrected chi connectivity index (χ2v) is 5.37. The predicted molar refractivity (Wildman–Crippen MR) is 75.2 cm³/mol. The number of aromatic nitrogens is 3. The summed E-state index contributed by atoms with van der Waals surface area (Å²) in [6.07, 6.45) is 2.42. The molecular weight excluding hydrogens is 364 g/mol. The van der Waals surface area contributed by atoms with E-state index in [1.165, 1.54) is 0 Å². The third-order valence-electron chi connectivity index (χ3n) is 2.25. The quantitative estimate of drug-likeness (QED) is 0.814. The summed E-state index contributed by atoms with van der Waals surface area (Å²) in [4.78, 5) is 8.58. The van der Waals surface area contributed by atoms with Gasteiger partial charge in [-0.15, -0.1) is 0 Å². The van der Waals surface area contributed by atoms with Crippen LogP contribution in [0.2, 0.25) is 0 Å². The van der Waals surface area contributed by atoms with Gasteiger partial charge >= 0.3 is 0 Å². The average Bonchev–Trinajstić information content (AvgIpc) is 2.78. The second-order valence-electron chi connectivity index (χ2n) is 3.60. The first kappa shape index (κ1) is 13.6. The van der Waals surface area contributed by atoms with Gasteiger partial charge in [-0.3, -0.25) is 4.98 Å². The van der Waals surface area contributed by atoms with Crippen LogP contribution in [0.4, 0.5) is 0 Å². The van der Waals surface area contributed by atoms with Gasteiger partial charge in [-0.2, -0.15) is 4.98 Å². The summed E-state index contributed by atoms with van der Waals surface area (Å²) >= 11 is 6.78. The molecule has 0 radical (unpaired) electrons. The van der Waals surface area contributed by atoms with E-state index in [1.807, 2.05) is 6.07 Å². The van der Waals surface area contributed by atoms with E-state index in [2.05, 4.69) is 59.2 Å². The molecule has 0 fully saturated rings. The molecule has 7 heteroatoms. The largest absolute Gasteiger partial charge is 0.339 e. The molecule has 5 nitrogen and oxygen atoms in total. The molecule has 0 saturated carbocycles. The highest BCUT2D eigenvalue weighted by molar-refractivity contribution is 9.11. The zero-order valence-electron chi connectivity index (χ0n) is 9.78. The van der Waals surface area contributed by atoms with Crippen LogP contribution in [0.5, 0.6) is 0 Å². The first-order valence-electron chi connectivity index (χ1n) is 5.55. The number of nitrogens with one attached hydrogen (secondary N) is 1. The van der Waals surface area contributed by atoms with Crippen molar-refractivity contribution < 1.29 is 4.52 Å². The Labute approximate surface area is 122 Å². The van der Waals surface area contributed by atoms with Crippen LogP contribution in [-0.2, 0) is 6.42 Å². The van der Waals surface area contributed by atoms with Gasteiger partial charge in [-0.05, 0) is 44.5 Å². The molecule has 0 bridgehead atoms. The van der Waals surface area contributed by atoms with Gasteiger partial charge in [0.15, 0.2) is 0 Å². The van der Waals surface area contributed by atoms with Gasteiger partial charge in [0.2, 0.25) is 11.7 Å². The molecule has 2 heterocycles. The number of halogens is 2. The van der Waals surface area contributed by atoms with Crippen LogP contribution >= 0.6 is 31.9 Å². The van der Waals surface area contributed by atoms with E-state index < -0.39 is 0 Å². The maximum Gasteiger partial charge on any atom is 0.228 e. The molecule has 0 saturated heterocycles. The summed E-state index contributed by atoms with van der Waals surface area (Å²) in [5.41, 5.74) is 0.677. The number of hydrogen-bond donors (Lipinski definition) is 1. The molecule has 18 heavy (non-hydrogen) atoms. The lowest BCUT2D eigenvalue weighted by atomic mass is 10.3. The zero-order valence-corrected chi connectivity index (χ0v) is 13.0. The lowest BCUT2D eigenvalue weighted by molar-refractivity contribution is 0.376. The standard InChI is InChI=1S/C11H12Br2N4O/c1-2-14-4-3-9-16-11(17-18-9)10-8(13)5-7(12)6-15-10/h5-6,14H,2-4H2,1H3. The van der Waals surface area contributed by atoms with Crippen molar-refractivity contribution in [2.24, 2.45) is 0 Å².